The van der Waals surface area contributed by atoms with Crippen molar-refractivity contribution in [2.75, 3.05) is 24.4 Å². The van der Waals surface area contributed by atoms with E-state index in [0.29, 0.717) is 22.2 Å². The molecule has 0 aliphatic heterocycles. The van der Waals surface area contributed by atoms with Crippen LogP contribution in [0.25, 0.3) is 0 Å². The first-order chi connectivity index (χ1) is 13.1. The van der Waals surface area contributed by atoms with Gasteiger partial charge in [0.1, 0.15) is 0 Å². The molecule has 1 amide bonds. The Bertz CT molecular complexity index is 896. The van der Waals surface area contributed by atoms with E-state index in [1.807, 2.05) is 60.7 Å². The molecule has 0 radical (unpaired) electrons. The fraction of sp³-hybridized carbons (Fsp3) is 0.0952. The summed E-state index contributed by atoms with van der Waals surface area (Å²) >= 11 is 5.88. The molecule has 3 rings (SSSR count). The molecule has 0 aliphatic rings. The SMILES string of the molecule is COc1ccccc1OCC(=O)Nc1ccc(Nc2ccc(Cl)cc2)cc1. The predicted octanol–water partition coefficient (Wildman–Crippen LogP) is 5.11. The Kier molecular flexibility index (Phi) is 6.18. The summed E-state index contributed by atoms with van der Waals surface area (Å²) in [5.74, 6) is 0.861. The van der Waals surface area contributed by atoms with Gasteiger partial charge in [-0.1, -0.05) is 23.7 Å². The topological polar surface area (TPSA) is 59.6 Å². The van der Waals surface area contributed by atoms with Crippen LogP contribution in [0.15, 0.2) is 72.8 Å². The number of anilines is 3. The van der Waals surface area contributed by atoms with Crippen molar-refractivity contribution in [1.29, 1.82) is 0 Å². The minimum atomic E-state index is -0.251. The number of hydrogen-bond donors (Lipinski definition) is 2. The van der Waals surface area contributed by atoms with Crippen molar-refractivity contribution in [3.05, 3.63) is 77.8 Å². The summed E-state index contributed by atoms with van der Waals surface area (Å²) in [6.45, 7) is -0.106. The third-order valence-electron chi connectivity index (χ3n) is 3.73. The zero-order valence-electron chi connectivity index (χ0n) is 14.7. The summed E-state index contributed by atoms with van der Waals surface area (Å²) in [7, 11) is 1.56. The van der Waals surface area contributed by atoms with Crippen LogP contribution >= 0.6 is 11.6 Å². The lowest BCUT2D eigenvalue weighted by molar-refractivity contribution is -0.118. The molecule has 5 nitrogen and oxygen atoms in total. The average molecular weight is 383 g/mol. The Morgan fingerprint density at radius 3 is 2.04 bits per heavy atom. The van der Waals surface area contributed by atoms with E-state index in [1.54, 1.807) is 19.2 Å². The highest BCUT2D eigenvalue weighted by molar-refractivity contribution is 6.30. The molecule has 6 heteroatoms. The zero-order valence-corrected chi connectivity index (χ0v) is 15.5. The van der Waals surface area contributed by atoms with Gasteiger partial charge in [0.15, 0.2) is 18.1 Å². The molecular weight excluding hydrogens is 364 g/mol. The van der Waals surface area contributed by atoms with Gasteiger partial charge in [-0.3, -0.25) is 4.79 Å². The number of benzene rings is 3. The maximum Gasteiger partial charge on any atom is 0.262 e. The third-order valence-corrected chi connectivity index (χ3v) is 3.98. The zero-order chi connectivity index (χ0) is 19.1. The van der Waals surface area contributed by atoms with Crippen LogP contribution in [0.5, 0.6) is 11.5 Å². The van der Waals surface area contributed by atoms with Gasteiger partial charge in [-0.05, 0) is 60.7 Å². The number of hydrogen-bond acceptors (Lipinski definition) is 4. The van der Waals surface area contributed by atoms with Gasteiger partial charge in [-0.15, -0.1) is 0 Å². The third kappa shape index (κ3) is 5.39. The molecular formula is C21H19ClN2O3. The summed E-state index contributed by atoms with van der Waals surface area (Å²) in [4.78, 5) is 12.1. The van der Waals surface area contributed by atoms with Gasteiger partial charge in [0.2, 0.25) is 0 Å². The van der Waals surface area contributed by atoms with Gasteiger partial charge in [0, 0.05) is 22.1 Å². The lowest BCUT2D eigenvalue weighted by Gasteiger charge is -2.11. The highest BCUT2D eigenvalue weighted by Gasteiger charge is 2.07. The standard InChI is InChI=1S/C21H19ClN2O3/c1-26-19-4-2-3-5-20(19)27-14-21(25)24-18-12-10-17(11-13-18)23-16-8-6-15(22)7-9-16/h2-13,23H,14H2,1H3,(H,24,25). The van der Waals surface area contributed by atoms with Crippen LogP contribution in [0.2, 0.25) is 5.02 Å². The number of amides is 1. The lowest BCUT2D eigenvalue weighted by Crippen LogP contribution is -2.20. The van der Waals surface area contributed by atoms with Crippen molar-refractivity contribution < 1.29 is 14.3 Å². The molecule has 0 saturated heterocycles. The molecule has 0 unspecified atom stereocenters. The number of methoxy groups -OCH3 is 1. The van der Waals surface area contributed by atoms with Gasteiger partial charge in [0.05, 0.1) is 7.11 Å². The van der Waals surface area contributed by atoms with E-state index in [1.165, 1.54) is 0 Å². The maximum atomic E-state index is 12.1. The average Bonchev–Trinajstić information content (AvgIpc) is 2.70. The molecule has 3 aromatic carbocycles. The number of halogens is 1. The first kappa shape index (κ1) is 18.6. The Labute approximate surface area is 162 Å². The van der Waals surface area contributed by atoms with Crippen molar-refractivity contribution in [1.82, 2.24) is 0 Å². The number of nitrogens with one attached hydrogen (secondary N) is 2. The van der Waals surface area contributed by atoms with E-state index < -0.39 is 0 Å². The number of para-hydroxylation sites is 2. The molecule has 0 heterocycles. The lowest BCUT2D eigenvalue weighted by atomic mass is 10.2. The van der Waals surface area contributed by atoms with Crippen LogP contribution in [0, 0.1) is 0 Å². The van der Waals surface area contributed by atoms with E-state index >= 15 is 0 Å². The van der Waals surface area contributed by atoms with Crippen LogP contribution in [-0.4, -0.2) is 19.6 Å². The summed E-state index contributed by atoms with van der Waals surface area (Å²) in [6.07, 6.45) is 0. The van der Waals surface area contributed by atoms with Gasteiger partial charge >= 0.3 is 0 Å². The second-order valence-corrected chi connectivity index (χ2v) is 6.13. The summed E-state index contributed by atoms with van der Waals surface area (Å²) in [6, 6.07) is 22.0. The minimum absolute atomic E-state index is 0.106. The molecule has 2 N–H and O–H groups in total. The van der Waals surface area contributed by atoms with Crippen LogP contribution < -0.4 is 20.1 Å². The molecule has 0 bridgehead atoms. The van der Waals surface area contributed by atoms with Crippen molar-refractivity contribution in [2.45, 2.75) is 0 Å². The molecule has 0 spiro atoms. The molecule has 0 aliphatic carbocycles. The van der Waals surface area contributed by atoms with Crippen LogP contribution in [0.3, 0.4) is 0 Å². The van der Waals surface area contributed by atoms with Crippen molar-refractivity contribution in [3.8, 4) is 11.5 Å². The second-order valence-electron chi connectivity index (χ2n) is 5.70. The maximum absolute atomic E-state index is 12.1. The van der Waals surface area contributed by atoms with Crippen molar-refractivity contribution in [2.24, 2.45) is 0 Å². The van der Waals surface area contributed by atoms with E-state index in [9.17, 15) is 4.79 Å². The smallest absolute Gasteiger partial charge is 0.262 e. The highest BCUT2D eigenvalue weighted by Crippen LogP contribution is 2.25. The summed E-state index contributed by atoms with van der Waals surface area (Å²) in [5.41, 5.74) is 2.52. The molecule has 0 fully saturated rings. The molecule has 138 valence electrons. The first-order valence-corrected chi connectivity index (χ1v) is 8.70. The van der Waals surface area contributed by atoms with E-state index in [2.05, 4.69) is 10.6 Å². The van der Waals surface area contributed by atoms with Crippen molar-refractivity contribution >= 4 is 34.6 Å². The van der Waals surface area contributed by atoms with Gasteiger partial charge in [-0.2, -0.15) is 0 Å². The Morgan fingerprint density at radius 1 is 0.852 bits per heavy atom. The molecule has 0 atom stereocenters. The van der Waals surface area contributed by atoms with E-state index in [4.69, 9.17) is 21.1 Å². The number of rotatable bonds is 7. The largest absolute Gasteiger partial charge is 0.493 e. The van der Waals surface area contributed by atoms with E-state index in [0.717, 1.165) is 11.4 Å². The quantitative estimate of drug-likeness (QED) is 0.596. The minimum Gasteiger partial charge on any atom is -0.493 e. The molecule has 0 aromatic heterocycles. The monoisotopic (exact) mass is 382 g/mol. The fourth-order valence-electron chi connectivity index (χ4n) is 2.42. The molecule has 0 saturated carbocycles. The molecule has 3 aromatic rings. The highest BCUT2D eigenvalue weighted by atomic mass is 35.5. The fourth-order valence-corrected chi connectivity index (χ4v) is 2.54. The first-order valence-electron chi connectivity index (χ1n) is 8.32. The van der Waals surface area contributed by atoms with E-state index in [-0.39, 0.29) is 12.5 Å². The number of ether oxygens (including phenoxy) is 2. The van der Waals surface area contributed by atoms with Crippen molar-refractivity contribution in [3.63, 3.8) is 0 Å². The van der Waals surface area contributed by atoms with Crippen LogP contribution in [0.4, 0.5) is 17.1 Å². The van der Waals surface area contributed by atoms with Gasteiger partial charge in [-0.25, -0.2) is 0 Å². The Hall–Kier alpha value is -3.18. The van der Waals surface area contributed by atoms with Gasteiger partial charge < -0.3 is 20.1 Å². The van der Waals surface area contributed by atoms with Crippen LogP contribution in [-0.2, 0) is 4.79 Å². The second kappa shape index (κ2) is 8.96. The number of carbonyl (C=O) groups excluding carboxylic acids is 1. The van der Waals surface area contributed by atoms with Gasteiger partial charge in [0.25, 0.3) is 5.91 Å². The Balaban J connectivity index is 1.53. The predicted molar refractivity (Wildman–Crippen MR) is 108 cm³/mol. The Morgan fingerprint density at radius 2 is 1.41 bits per heavy atom. The normalized spacial score (nSPS) is 10.1. The number of carbonyl (C=O) groups is 1. The molecule has 27 heavy (non-hydrogen) atoms. The summed E-state index contributed by atoms with van der Waals surface area (Å²) in [5, 5.41) is 6.75. The van der Waals surface area contributed by atoms with Crippen LogP contribution in [0.1, 0.15) is 0 Å². The summed E-state index contributed by atoms with van der Waals surface area (Å²) < 4.78 is 10.7.